The molecule has 5 heteroatoms. The largest absolute Gasteiger partial charge is 0.457 e. The number of fused-ring (bicyclic) bond motifs is 5. The highest BCUT2D eigenvalue weighted by Gasteiger charge is 2.39. The van der Waals surface area contributed by atoms with Crippen LogP contribution in [0.5, 0.6) is 11.5 Å². The highest BCUT2D eigenvalue weighted by Crippen LogP contribution is 2.54. The molecular formula is C80H80N4O. The highest BCUT2D eigenvalue weighted by molar-refractivity contribution is 6.09. The molecule has 0 spiro atoms. The average Bonchev–Trinajstić information content (AvgIpc) is 1.44. The lowest BCUT2D eigenvalue weighted by Gasteiger charge is -2.42. The fourth-order valence-corrected chi connectivity index (χ4v) is 12.8. The topological polar surface area (TPSA) is 33.5 Å². The van der Waals surface area contributed by atoms with E-state index in [1.54, 1.807) is 10.6 Å². The Bertz CT molecular complexity index is 4900. The summed E-state index contributed by atoms with van der Waals surface area (Å²) in [4.78, 5) is 9.74. The molecule has 3 heterocycles. The summed E-state index contributed by atoms with van der Waals surface area (Å²) >= 11 is 0. The number of para-hydroxylation sites is 3. The number of nitrogens with zero attached hydrogens (tertiary/aromatic N) is 4. The molecule has 0 unspecified atom stereocenters. The summed E-state index contributed by atoms with van der Waals surface area (Å²) in [5.74, 6) is 1.30. The number of pyridine rings is 1. The first-order valence-electron chi connectivity index (χ1n) is 34.3. The average molecular weight is 1120 g/mol. The van der Waals surface area contributed by atoms with E-state index in [2.05, 4.69) is 188 Å². The van der Waals surface area contributed by atoms with Crippen molar-refractivity contribution in [1.82, 2.24) is 9.55 Å². The van der Waals surface area contributed by atoms with Gasteiger partial charge in [0.15, 0.2) is 0 Å². The zero-order valence-electron chi connectivity index (χ0n) is 60.3. The van der Waals surface area contributed by atoms with E-state index in [1.807, 2.05) is 57.2 Å². The van der Waals surface area contributed by atoms with Gasteiger partial charge in [0.05, 0.1) is 40.4 Å². The fourth-order valence-electron chi connectivity index (χ4n) is 12.8. The Labute approximate surface area is 517 Å². The van der Waals surface area contributed by atoms with Crippen LogP contribution < -0.4 is 14.5 Å². The van der Waals surface area contributed by atoms with Gasteiger partial charge in [-0.25, -0.2) is 4.98 Å². The fraction of sp³-hybridized carbons (Fsp3) is 0.263. The molecule has 0 amide bonds. The number of hydrogen-bond acceptors (Lipinski definition) is 4. The molecule has 5 nitrogen and oxygen atoms in total. The second kappa shape index (κ2) is 20.5. The SMILES string of the molecule is [2H]c1c([2H])c([2H])c(-c2cnc(-n3c4cc(Oc5cccc(N6CN(c7c(-c8ccc(-c9cccc(C(C)(C)C)c9)cc8)cc(C(C)(C)C)cc7-c7ccc8c(c7)C(C)(C)CCC8(C)C)c7ccccc76)c5)ccc4c4c([2H])c([2H])c([2H])c([2H])c43)cc2C(C)(C)C)c([2H])c1[2H]. The maximum atomic E-state index is 9.36. The third-order valence-corrected chi connectivity index (χ3v) is 17.8. The van der Waals surface area contributed by atoms with Crippen molar-refractivity contribution in [2.75, 3.05) is 16.5 Å². The lowest BCUT2D eigenvalue weighted by molar-refractivity contribution is 0.332. The van der Waals surface area contributed by atoms with Gasteiger partial charge in [-0.2, -0.15) is 0 Å². The second-order valence-electron chi connectivity index (χ2n) is 27.8. The van der Waals surface area contributed by atoms with Gasteiger partial charge in [-0.15, -0.1) is 0 Å². The summed E-state index contributed by atoms with van der Waals surface area (Å²) in [6, 6.07) is 50.7. The van der Waals surface area contributed by atoms with Crippen LogP contribution in [0, 0.1) is 0 Å². The van der Waals surface area contributed by atoms with Crippen LogP contribution in [0.15, 0.2) is 212 Å². The minimum Gasteiger partial charge on any atom is -0.457 e. The first-order chi connectivity index (χ1) is 44.2. The van der Waals surface area contributed by atoms with Gasteiger partial charge in [0.2, 0.25) is 0 Å². The van der Waals surface area contributed by atoms with E-state index in [-0.39, 0.29) is 63.0 Å². The molecule has 0 N–H and O–H groups in total. The molecule has 426 valence electrons. The van der Waals surface area contributed by atoms with Crippen LogP contribution in [0.2, 0.25) is 0 Å². The predicted octanol–water partition coefficient (Wildman–Crippen LogP) is 22.1. The molecule has 11 aromatic rings. The Morgan fingerprint density at radius 2 is 1.09 bits per heavy atom. The van der Waals surface area contributed by atoms with Gasteiger partial charge in [-0.05, 0) is 156 Å². The van der Waals surface area contributed by atoms with Crippen LogP contribution in [0.3, 0.4) is 0 Å². The number of rotatable bonds is 9. The van der Waals surface area contributed by atoms with Crippen LogP contribution in [0.4, 0.5) is 22.7 Å². The lowest BCUT2D eigenvalue weighted by Crippen LogP contribution is -2.33. The quantitative estimate of drug-likeness (QED) is 0.144. The Morgan fingerprint density at radius 1 is 0.459 bits per heavy atom. The zero-order valence-corrected chi connectivity index (χ0v) is 51.3. The first kappa shape index (κ1) is 45.7. The molecule has 0 bridgehead atoms. The Morgan fingerprint density at radius 3 is 1.81 bits per heavy atom. The standard InChI is InChI=1S/C80H80N4O/c1-76(2,3)57-26-21-25-55(43-57)52-33-35-54(36-34-52)64-45-58(77(4,5)6)46-65(56-37-40-67-69(44-56)80(12,13)42-41-79(67,10)11)75(64)83-51-82(71-31-19-20-32-72(71)83)59-27-22-28-60(47-59)85-61-38-39-63-62-29-17-18-30-70(62)84(73(63)48-61)74-49-68(78(7,8)9)66(50-81-74)53-23-15-14-16-24-53/h14-40,43-50H,41-42,51H2,1-13H3/i14D,15D,16D,17D,18D,23D,24D,29D,30D. The summed E-state index contributed by atoms with van der Waals surface area (Å²) in [5, 5.41) is 0.850. The molecule has 2 aromatic heterocycles. The number of aromatic nitrogens is 2. The molecular weight excluding hydrogens is 1030 g/mol. The molecule has 9 aromatic carbocycles. The van der Waals surface area contributed by atoms with Crippen molar-refractivity contribution in [2.24, 2.45) is 0 Å². The second-order valence-corrected chi connectivity index (χ2v) is 27.8. The van der Waals surface area contributed by atoms with E-state index in [0.29, 0.717) is 51.4 Å². The number of benzene rings is 9. The molecule has 0 atom stereocenters. The predicted molar refractivity (Wildman–Crippen MR) is 360 cm³/mol. The van der Waals surface area contributed by atoms with Gasteiger partial charge >= 0.3 is 0 Å². The minimum absolute atomic E-state index is 0.00838. The third-order valence-electron chi connectivity index (χ3n) is 17.8. The van der Waals surface area contributed by atoms with Crippen molar-refractivity contribution in [1.29, 1.82) is 0 Å². The smallest absolute Gasteiger partial charge is 0.137 e. The lowest BCUT2D eigenvalue weighted by atomic mass is 9.63. The molecule has 85 heavy (non-hydrogen) atoms. The summed E-state index contributed by atoms with van der Waals surface area (Å²) in [7, 11) is 0. The van der Waals surface area contributed by atoms with Crippen LogP contribution >= 0.6 is 0 Å². The summed E-state index contributed by atoms with van der Waals surface area (Å²) in [6.07, 6.45) is 3.73. The number of anilines is 4. The van der Waals surface area contributed by atoms with Crippen molar-refractivity contribution in [3.05, 3.63) is 240 Å². The van der Waals surface area contributed by atoms with Gasteiger partial charge in [0.1, 0.15) is 24.0 Å². The summed E-state index contributed by atoms with van der Waals surface area (Å²) in [6.45, 7) is 29.6. The van der Waals surface area contributed by atoms with E-state index in [4.69, 9.17) is 19.3 Å². The number of hydrogen-bond donors (Lipinski definition) is 0. The summed E-state index contributed by atoms with van der Waals surface area (Å²) < 4.78 is 88.0. The number of ether oxygens (including phenoxy) is 1. The van der Waals surface area contributed by atoms with Gasteiger partial charge in [-0.3, -0.25) is 4.57 Å². The minimum atomic E-state index is -0.662. The van der Waals surface area contributed by atoms with Crippen LogP contribution in [-0.4, -0.2) is 16.2 Å². The van der Waals surface area contributed by atoms with E-state index in [0.717, 1.165) is 57.8 Å². The van der Waals surface area contributed by atoms with Crippen LogP contribution in [0.25, 0.3) is 72.1 Å². The van der Waals surface area contributed by atoms with E-state index < -0.39 is 29.6 Å². The maximum absolute atomic E-state index is 9.36. The molecule has 0 saturated carbocycles. The van der Waals surface area contributed by atoms with Gasteiger partial charge in [0.25, 0.3) is 0 Å². The van der Waals surface area contributed by atoms with E-state index in [1.165, 1.54) is 39.6 Å². The van der Waals surface area contributed by atoms with Gasteiger partial charge in [-0.1, -0.05) is 223 Å². The van der Waals surface area contributed by atoms with Crippen molar-refractivity contribution in [2.45, 2.75) is 130 Å². The van der Waals surface area contributed by atoms with E-state index in [9.17, 15) is 2.74 Å². The van der Waals surface area contributed by atoms with Crippen molar-refractivity contribution in [3.8, 4) is 61.8 Å². The summed E-state index contributed by atoms with van der Waals surface area (Å²) in [5.41, 5.74) is 17.3. The Hall–Kier alpha value is -8.67. The molecule has 0 saturated heterocycles. The molecule has 1 aliphatic heterocycles. The molecule has 13 rings (SSSR count). The van der Waals surface area contributed by atoms with Gasteiger partial charge in [0, 0.05) is 51.5 Å². The van der Waals surface area contributed by atoms with Crippen molar-refractivity contribution < 1.29 is 17.1 Å². The van der Waals surface area contributed by atoms with Gasteiger partial charge < -0.3 is 14.5 Å². The Kier molecular flexibility index (Phi) is 11.1. The third kappa shape index (κ3) is 10.2. The first-order valence-corrected chi connectivity index (χ1v) is 29.8. The zero-order chi connectivity index (χ0) is 67.2. The van der Waals surface area contributed by atoms with Crippen molar-refractivity contribution >= 4 is 44.6 Å². The van der Waals surface area contributed by atoms with Crippen LogP contribution in [-0.2, 0) is 27.1 Å². The molecule has 0 radical (unpaired) electrons. The van der Waals surface area contributed by atoms with E-state index >= 15 is 0 Å². The highest BCUT2D eigenvalue weighted by atomic mass is 16.5. The molecule has 1 aliphatic carbocycles. The molecule has 0 fully saturated rings. The molecule has 2 aliphatic rings. The monoisotopic (exact) mass is 1120 g/mol. The normalized spacial score (nSPS) is 16.4. The maximum Gasteiger partial charge on any atom is 0.137 e. The van der Waals surface area contributed by atoms with Crippen molar-refractivity contribution in [3.63, 3.8) is 0 Å². The Balaban J connectivity index is 0.936. The van der Waals surface area contributed by atoms with Crippen LogP contribution in [0.1, 0.15) is 143 Å².